The number of ether oxygens (including phenoxy) is 2. The first-order valence-corrected chi connectivity index (χ1v) is 10.3. The van der Waals surface area contributed by atoms with Crippen molar-refractivity contribution in [1.29, 1.82) is 0 Å². The molecule has 2 rings (SSSR count). The summed E-state index contributed by atoms with van der Waals surface area (Å²) in [4.78, 5) is 36.6. The van der Waals surface area contributed by atoms with Crippen molar-refractivity contribution in [3.63, 3.8) is 0 Å². The van der Waals surface area contributed by atoms with E-state index in [1.165, 1.54) is 0 Å². The third-order valence-corrected chi connectivity index (χ3v) is 4.61. The summed E-state index contributed by atoms with van der Waals surface area (Å²) in [7, 11) is 0. The lowest BCUT2D eigenvalue weighted by Crippen LogP contribution is -2.46. The molecule has 7 nitrogen and oxygen atoms in total. The molecule has 0 aliphatic rings. The maximum absolute atomic E-state index is 12.4. The molecule has 0 unspecified atom stereocenters. The Kier molecular flexibility index (Phi) is 9.06. The van der Waals surface area contributed by atoms with Crippen LogP contribution in [0.15, 0.2) is 54.6 Å². The Labute approximate surface area is 183 Å². The fraction of sp³-hybridized carbons (Fsp3) is 0.375. The van der Waals surface area contributed by atoms with E-state index in [2.05, 4.69) is 24.5 Å². The van der Waals surface area contributed by atoms with Crippen LogP contribution < -0.4 is 10.6 Å². The number of alkyl carbamates (subject to hydrolysis) is 1. The lowest BCUT2D eigenvalue weighted by Gasteiger charge is -2.20. The molecule has 0 saturated carbocycles. The number of anilines is 1. The van der Waals surface area contributed by atoms with Crippen LogP contribution in [0.2, 0.25) is 0 Å². The molecule has 0 saturated heterocycles. The van der Waals surface area contributed by atoms with Crippen molar-refractivity contribution < 1.29 is 23.9 Å². The van der Waals surface area contributed by atoms with Gasteiger partial charge >= 0.3 is 12.1 Å². The van der Waals surface area contributed by atoms with E-state index in [0.29, 0.717) is 11.6 Å². The van der Waals surface area contributed by atoms with Crippen LogP contribution in [0.25, 0.3) is 0 Å². The number of hydrogen-bond donors (Lipinski definition) is 2. The number of benzene rings is 2. The molecule has 31 heavy (non-hydrogen) atoms. The van der Waals surface area contributed by atoms with Crippen LogP contribution in [0.5, 0.6) is 0 Å². The van der Waals surface area contributed by atoms with Gasteiger partial charge in [-0.05, 0) is 35.1 Å². The molecule has 0 radical (unpaired) electrons. The molecule has 2 aromatic rings. The second-order valence-corrected chi connectivity index (χ2v) is 7.86. The monoisotopic (exact) mass is 426 g/mol. The van der Waals surface area contributed by atoms with Gasteiger partial charge in [0.25, 0.3) is 5.91 Å². The zero-order valence-corrected chi connectivity index (χ0v) is 18.4. The molecule has 0 heterocycles. The van der Waals surface area contributed by atoms with E-state index in [1.54, 1.807) is 26.0 Å². The number of carbonyl (C=O) groups excluding carboxylic acids is 3. The number of esters is 1. The van der Waals surface area contributed by atoms with Gasteiger partial charge in [-0.25, -0.2) is 9.59 Å². The second kappa shape index (κ2) is 11.7. The van der Waals surface area contributed by atoms with Crippen molar-refractivity contribution in [2.45, 2.75) is 46.3 Å². The van der Waals surface area contributed by atoms with Crippen LogP contribution in [-0.4, -0.2) is 30.6 Å². The number of amides is 2. The van der Waals surface area contributed by atoms with E-state index in [1.807, 2.05) is 42.5 Å². The van der Waals surface area contributed by atoms with Crippen molar-refractivity contribution in [3.05, 3.63) is 65.7 Å². The van der Waals surface area contributed by atoms with Gasteiger partial charge in [-0.3, -0.25) is 4.79 Å². The smallest absolute Gasteiger partial charge is 0.408 e. The van der Waals surface area contributed by atoms with Crippen molar-refractivity contribution in [2.75, 3.05) is 11.9 Å². The first-order valence-electron chi connectivity index (χ1n) is 10.3. The van der Waals surface area contributed by atoms with E-state index in [4.69, 9.17) is 9.47 Å². The van der Waals surface area contributed by atoms with Gasteiger partial charge in [-0.1, -0.05) is 70.2 Å². The first-order chi connectivity index (χ1) is 14.8. The second-order valence-electron chi connectivity index (χ2n) is 7.86. The fourth-order valence-electron chi connectivity index (χ4n) is 2.76. The lowest BCUT2D eigenvalue weighted by molar-refractivity contribution is -0.150. The van der Waals surface area contributed by atoms with Crippen LogP contribution in [-0.2, 0) is 25.7 Å². The number of rotatable bonds is 9. The third kappa shape index (κ3) is 8.12. The van der Waals surface area contributed by atoms with Crippen molar-refractivity contribution in [2.24, 2.45) is 5.92 Å². The van der Waals surface area contributed by atoms with Crippen LogP contribution in [0.1, 0.15) is 44.7 Å². The molecule has 166 valence electrons. The number of carbonyl (C=O) groups is 3. The molecule has 2 N–H and O–H groups in total. The van der Waals surface area contributed by atoms with Gasteiger partial charge in [0, 0.05) is 5.69 Å². The van der Waals surface area contributed by atoms with Crippen LogP contribution in [0.3, 0.4) is 0 Å². The quantitative estimate of drug-likeness (QED) is 0.585. The molecule has 0 aliphatic carbocycles. The molecule has 0 fully saturated rings. The number of hydrogen-bond acceptors (Lipinski definition) is 5. The highest BCUT2D eigenvalue weighted by molar-refractivity contribution is 5.93. The molecule has 2 amide bonds. The maximum atomic E-state index is 12.4. The highest BCUT2D eigenvalue weighted by Gasteiger charge is 2.27. The SMILES string of the molecule is CC(C)c1ccc(NC(=O)COC(=O)[C@@H](NC(=O)OCc2ccccc2)C(C)C)cc1. The summed E-state index contributed by atoms with van der Waals surface area (Å²) in [5.74, 6) is -1.01. The van der Waals surface area contributed by atoms with Gasteiger partial charge in [-0.2, -0.15) is 0 Å². The van der Waals surface area contributed by atoms with Gasteiger partial charge < -0.3 is 20.1 Å². The Balaban J connectivity index is 1.81. The highest BCUT2D eigenvalue weighted by Crippen LogP contribution is 2.17. The van der Waals surface area contributed by atoms with Crippen LogP contribution in [0.4, 0.5) is 10.5 Å². The summed E-state index contributed by atoms with van der Waals surface area (Å²) < 4.78 is 10.3. The van der Waals surface area contributed by atoms with Gasteiger partial charge in [0.1, 0.15) is 12.6 Å². The molecule has 1 atom stereocenters. The Morgan fingerprint density at radius 2 is 1.52 bits per heavy atom. The minimum atomic E-state index is -0.929. The topological polar surface area (TPSA) is 93.7 Å². The summed E-state index contributed by atoms with van der Waals surface area (Å²) in [6, 6.07) is 15.8. The van der Waals surface area contributed by atoms with E-state index in [0.717, 1.165) is 11.1 Å². The van der Waals surface area contributed by atoms with E-state index in [-0.39, 0.29) is 12.5 Å². The predicted octanol–water partition coefficient (Wildman–Crippen LogP) is 4.24. The summed E-state index contributed by atoms with van der Waals surface area (Å²) in [6.07, 6.45) is -0.728. The van der Waals surface area contributed by atoms with Crippen molar-refractivity contribution in [3.8, 4) is 0 Å². The normalized spacial score (nSPS) is 11.7. The molecule has 2 aromatic carbocycles. The Morgan fingerprint density at radius 3 is 2.10 bits per heavy atom. The van der Waals surface area contributed by atoms with E-state index >= 15 is 0 Å². The molecule has 0 spiro atoms. The maximum Gasteiger partial charge on any atom is 0.408 e. The predicted molar refractivity (Wildman–Crippen MR) is 119 cm³/mol. The Morgan fingerprint density at radius 1 is 0.871 bits per heavy atom. The van der Waals surface area contributed by atoms with Crippen LogP contribution >= 0.6 is 0 Å². The zero-order valence-electron chi connectivity index (χ0n) is 18.4. The minimum Gasteiger partial charge on any atom is -0.454 e. The lowest BCUT2D eigenvalue weighted by atomic mass is 10.0. The summed E-state index contributed by atoms with van der Waals surface area (Å²) in [5, 5.41) is 5.19. The van der Waals surface area contributed by atoms with Crippen molar-refractivity contribution in [1.82, 2.24) is 5.32 Å². The van der Waals surface area contributed by atoms with Gasteiger partial charge in [0.2, 0.25) is 0 Å². The van der Waals surface area contributed by atoms with Crippen LogP contribution in [0, 0.1) is 5.92 Å². The van der Waals surface area contributed by atoms with Gasteiger partial charge in [-0.15, -0.1) is 0 Å². The standard InChI is InChI=1S/C24H30N2O5/c1-16(2)19-10-12-20(13-11-19)25-21(27)15-30-23(28)22(17(3)4)26-24(29)31-14-18-8-6-5-7-9-18/h5-13,16-17,22H,14-15H2,1-4H3,(H,25,27)(H,26,29)/t22-/m0/s1. The third-order valence-electron chi connectivity index (χ3n) is 4.61. The molecular weight excluding hydrogens is 396 g/mol. The summed E-state index contributed by atoms with van der Waals surface area (Å²) in [5.41, 5.74) is 2.61. The largest absolute Gasteiger partial charge is 0.454 e. The summed E-state index contributed by atoms with van der Waals surface area (Å²) in [6.45, 7) is 7.34. The Bertz CT molecular complexity index is 863. The number of nitrogens with one attached hydrogen (secondary N) is 2. The first kappa shape index (κ1) is 23.9. The van der Waals surface area contributed by atoms with E-state index < -0.39 is 30.6 Å². The van der Waals surface area contributed by atoms with E-state index in [9.17, 15) is 14.4 Å². The molecule has 0 aromatic heterocycles. The molecule has 0 bridgehead atoms. The zero-order chi connectivity index (χ0) is 22.8. The van der Waals surface area contributed by atoms with Gasteiger partial charge in [0.15, 0.2) is 6.61 Å². The highest BCUT2D eigenvalue weighted by atomic mass is 16.6. The van der Waals surface area contributed by atoms with Gasteiger partial charge in [0.05, 0.1) is 0 Å². The fourth-order valence-corrected chi connectivity index (χ4v) is 2.76. The average molecular weight is 427 g/mol. The van der Waals surface area contributed by atoms with Crippen molar-refractivity contribution >= 4 is 23.7 Å². The molecule has 7 heteroatoms. The molecule has 0 aliphatic heterocycles. The Hall–Kier alpha value is -3.35. The summed E-state index contributed by atoms with van der Waals surface area (Å²) >= 11 is 0. The minimum absolute atomic E-state index is 0.0878. The average Bonchev–Trinajstić information content (AvgIpc) is 2.75. The molecular formula is C24H30N2O5.